The zero-order chi connectivity index (χ0) is 9.14. The summed E-state index contributed by atoms with van der Waals surface area (Å²) in [7, 11) is 0. The minimum absolute atomic E-state index is 0.150. The third kappa shape index (κ3) is 2.64. The van der Waals surface area contributed by atoms with Crippen LogP contribution in [0.1, 0.15) is 13.8 Å². The molecule has 0 unspecified atom stereocenters. The Morgan fingerprint density at radius 1 is 1.00 bits per heavy atom. The Labute approximate surface area is 79.4 Å². The number of hydrogen-bond acceptors (Lipinski definition) is 2. The lowest BCUT2D eigenvalue weighted by atomic mass is 10.3. The lowest BCUT2D eigenvalue weighted by Crippen LogP contribution is -2.47. The Bertz CT molecular complexity index is 112. The van der Waals surface area contributed by atoms with Gasteiger partial charge in [-0.1, -0.05) is 0 Å². The van der Waals surface area contributed by atoms with Crippen molar-refractivity contribution < 1.29 is 0 Å². The van der Waals surface area contributed by atoms with Crippen molar-refractivity contribution in [3.63, 3.8) is 0 Å². The van der Waals surface area contributed by atoms with Crippen molar-refractivity contribution in [1.29, 1.82) is 0 Å². The molecule has 0 radical (unpaired) electrons. The van der Waals surface area contributed by atoms with Gasteiger partial charge in [0.2, 0.25) is 0 Å². The smallest absolute Gasteiger partial charge is 0.0200 e. The van der Waals surface area contributed by atoms with E-state index in [1.54, 1.807) is 0 Å². The molecule has 0 aromatic carbocycles. The fraction of sp³-hybridized carbons (Fsp3) is 1.00. The minimum Gasteiger partial charge on any atom is -0.298 e. The van der Waals surface area contributed by atoms with Crippen LogP contribution in [-0.4, -0.2) is 53.9 Å². The number of hydrogen-bond donors (Lipinski definition) is 1. The van der Waals surface area contributed by atoms with E-state index in [9.17, 15) is 0 Å². The second kappa shape index (κ2) is 4.49. The molecule has 1 aliphatic heterocycles. The molecule has 0 aromatic rings. The van der Waals surface area contributed by atoms with Crippen molar-refractivity contribution in [2.24, 2.45) is 0 Å². The number of piperazine rings is 1. The normalized spacial score (nSPS) is 23.2. The van der Waals surface area contributed by atoms with Gasteiger partial charge in [-0.2, -0.15) is 0 Å². The summed E-state index contributed by atoms with van der Waals surface area (Å²) in [5.41, 5.74) is 0. The van der Waals surface area contributed by atoms with Gasteiger partial charge < -0.3 is 0 Å². The molecule has 0 spiro atoms. The van der Waals surface area contributed by atoms with Crippen LogP contribution in [0.4, 0.5) is 0 Å². The van der Waals surface area contributed by atoms with E-state index in [2.05, 4.69) is 35.6 Å². The highest BCUT2D eigenvalue weighted by Gasteiger charge is 2.18. The quantitative estimate of drug-likeness (QED) is 0.654. The third-order valence-corrected chi connectivity index (χ3v) is 4.12. The van der Waals surface area contributed by atoms with Crippen LogP contribution >= 0.6 is 11.1 Å². The van der Waals surface area contributed by atoms with Crippen molar-refractivity contribution in [2.45, 2.75) is 19.9 Å². The van der Waals surface area contributed by atoms with E-state index in [1.165, 1.54) is 26.2 Å². The Kier molecular flexibility index (Phi) is 3.87. The summed E-state index contributed by atoms with van der Waals surface area (Å²) in [5.74, 6) is 0. The number of rotatable bonds is 2. The maximum atomic E-state index is 2.62. The molecule has 1 saturated heterocycles. The molecule has 0 aliphatic carbocycles. The van der Waals surface area contributed by atoms with Crippen LogP contribution < -0.4 is 0 Å². The molecule has 0 atom stereocenters. The summed E-state index contributed by atoms with van der Waals surface area (Å²) in [4.78, 5) is 2.56. The molecule has 1 heterocycles. The average molecular weight is 190 g/mol. The summed E-state index contributed by atoms with van der Waals surface area (Å²) < 4.78 is 2.62. The van der Waals surface area contributed by atoms with Gasteiger partial charge in [0.25, 0.3) is 0 Å². The molecule has 0 bridgehead atoms. The lowest BCUT2D eigenvalue weighted by Gasteiger charge is -2.39. The SMILES string of the molecule is CC(C)N1CCN([SH](C)C)CC1. The monoisotopic (exact) mass is 190 g/mol. The van der Waals surface area contributed by atoms with Crippen LogP contribution in [0.5, 0.6) is 0 Å². The van der Waals surface area contributed by atoms with Gasteiger partial charge in [-0.25, -0.2) is 11.1 Å². The van der Waals surface area contributed by atoms with Crippen molar-refractivity contribution in [2.75, 3.05) is 38.7 Å². The maximum Gasteiger partial charge on any atom is 0.0200 e. The summed E-state index contributed by atoms with van der Waals surface area (Å²) >= 11 is 0.150. The molecule has 1 rings (SSSR count). The highest BCUT2D eigenvalue weighted by molar-refractivity contribution is 8.13. The molecule has 0 saturated carbocycles. The summed E-state index contributed by atoms with van der Waals surface area (Å²) in [6, 6.07) is 0.729. The molecule has 0 N–H and O–H groups in total. The molecular weight excluding hydrogens is 168 g/mol. The Hall–Kier alpha value is 0.270. The third-order valence-electron chi connectivity index (χ3n) is 2.59. The van der Waals surface area contributed by atoms with Crippen molar-refractivity contribution in [3.05, 3.63) is 0 Å². The second-order valence-corrected chi connectivity index (χ2v) is 6.19. The van der Waals surface area contributed by atoms with Crippen LogP contribution in [0.15, 0.2) is 0 Å². The van der Waals surface area contributed by atoms with Crippen molar-refractivity contribution in [1.82, 2.24) is 9.21 Å². The average Bonchev–Trinajstić information content (AvgIpc) is 2.04. The lowest BCUT2D eigenvalue weighted by molar-refractivity contribution is 0.159. The van der Waals surface area contributed by atoms with Gasteiger partial charge >= 0.3 is 0 Å². The Morgan fingerprint density at radius 2 is 1.50 bits per heavy atom. The summed E-state index contributed by atoms with van der Waals surface area (Å²) in [6.45, 7) is 9.65. The van der Waals surface area contributed by atoms with Gasteiger partial charge in [-0.05, 0) is 26.4 Å². The standard InChI is InChI=1S/C9H22N2S/c1-9(2)10-5-7-11(8-6-10)12(3)4/h9,12H,5-8H2,1-4H3. The zero-order valence-electron chi connectivity index (χ0n) is 8.75. The van der Waals surface area contributed by atoms with E-state index < -0.39 is 0 Å². The molecule has 1 aliphatic rings. The molecule has 1 fully saturated rings. The van der Waals surface area contributed by atoms with Gasteiger partial charge in [-0.3, -0.25) is 9.21 Å². The first-order chi connectivity index (χ1) is 5.61. The first-order valence-electron chi connectivity index (χ1n) is 4.77. The first kappa shape index (κ1) is 10.4. The molecule has 0 aromatic heterocycles. The zero-order valence-corrected chi connectivity index (χ0v) is 9.64. The minimum atomic E-state index is 0.150. The predicted octanol–water partition coefficient (Wildman–Crippen LogP) is 1.19. The van der Waals surface area contributed by atoms with Crippen LogP contribution in [-0.2, 0) is 0 Å². The molecule has 0 amide bonds. The van der Waals surface area contributed by atoms with E-state index in [1.807, 2.05) is 0 Å². The fourth-order valence-corrected chi connectivity index (χ4v) is 2.61. The van der Waals surface area contributed by atoms with Crippen LogP contribution in [0.2, 0.25) is 0 Å². The van der Waals surface area contributed by atoms with E-state index in [-0.39, 0.29) is 11.1 Å². The number of nitrogens with zero attached hydrogens (tertiary/aromatic N) is 2. The fourth-order valence-electron chi connectivity index (χ4n) is 1.63. The number of thiol groups is 1. The van der Waals surface area contributed by atoms with Gasteiger partial charge in [0.15, 0.2) is 0 Å². The van der Waals surface area contributed by atoms with Gasteiger partial charge in [-0.15, -0.1) is 0 Å². The van der Waals surface area contributed by atoms with Crippen LogP contribution in [0.25, 0.3) is 0 Å². The molecular formula is C9H22N2S. The van der Waals surface area contributed by atoms with Crippen molar-refractivity contribution >= 4 is 11.1 Å². The highest BCUT2D eigenvalue weighted by atomic mass is 32.2. The van der Waals surface area contributed by atoms with Gasteiger partial charge in [0.1, 0.15) is 0 Å². The summed E-state index contributed by atoms with van der Waals surface area (Å²) in [5, 5.41) is 0. The highest BCUT2D eigenvalue weighted by Crippen LogP contribution is 2.22. The second-order valence-electron chi connectivity index (χ2n) is 3.93. The molecule has 2 nitrogen and oxygen atoms in total. The Balaban J connectivity index is 2.30. The van der Waals surface area contributed by atoms with Gasteiger partial charge in [0, 0.05) is 32.2 Å². The largest absolute Gasteiger partial charge is 0.298 e. The van der Waals surface area contributed by atoms with Crippen LogP contribution in [0.3, 0.4) is 0 Å². The van der Waals surface area contributed by atoms with E-state index in [0.717, 1.165) is 6.04 Å². The van der Waals surface area contributed by atoms with E-state index in [4.69, 9.17) is 0 Å². The van der Waals surface area contributed by atoms with Gasteiger partial charge in [0.05, 0.1) is 0 Å². The molecule has 74 valence electrons. The maximum absolute atomic E-state index is 2.62. The first-order valence-corrected chi connectivity index (χ1v) is 6.96. The Morgan fingerprint density at radius 3 is 1.83 bits per heavy atom. The van der Waals surface area contributed by atoms with E-state index in [0.29, 0.717) is 0 Å². The van der Waals surface area contributed by atoms with Crippen LogP contribution in [0, 0.1) is 0 Å². The molecule has 12 heavy (non-hydrogen) atoms. The predicted molar refractivity (Wildman–Crippen MR) is 59.1 cm³/mol. The van der Waals surface area contributed by atoms with E-state index >= 15 is 0 Å². The topological polar surface area (TPSA) is 6.48 Å². The molecule has 3 heteroatoms. The summed E-state index contributed by atoms with van der Waals surface area (Å²) in [6.07, 6.45) is 4.70. The van der Waals surface area contributed by atoms with Crippen molar-refractivity contribution in [3.8, 4) is 0 Å².